The van der Waals surface area contributed by atoms with Gasteiger partial charge in [0, 0.05) is 17.3 Å². The van der Waals surface area contributed by atoms with Gasteiger partial charge in [-0.3, -0.25) is 0 Å². The normalized spacial score (nSPS) is 15.1. The van der Waals surface area contributed by atoms with Gasteiger partial charge in [-0.2, -0.15) is 0 Å². The van der Waals surface area contributed by atoms with Crippen LogP contribution in [0.2, 0.25) is 5.02 Å². The molecule has 1 aliphatic rings. The Labute approximate surface area is 170 Å². The van der Waals surface area contributed by atoms with Crippen molar-refractivity contribution < 1.29 is 4.90 Å². The number of hydrogen-bond acceptors (Lipinski definition) is 4. The number of quaternary nitrogens is 1. The molecule has 1 fully saturated rings. The minimum Gasteiger partial charge on any atom is -0.360 e. The number of nitrogens with one attached hydrogen (secondary N) is 1. The summed E-state index contributed by atoms with van der Waals surface area (Å²) in [5, 5.41) is 13.2. The van der Waals surface area contributed by atoms with E-state index in [0.717, 1.165) is 56.5 Å². The summed E-state index contributed by atoms with van der Waals surface area (Å²) in [5.41, 5.74) is 3.83. The van der Waals surface area contributed by atoms with Crippen molar-refractivity contribution in [3.63, 3.8) is 0 Å². The van der Waals surface area contributed by atoms with E-state index in [0.29, 0.717) is 0 Å². The maximum absolute atomic E-state index is 6.19. The molecule has 0 saturated carbocycles. The Hall–Kier alpha value is -2.44. The Bertz CT molecular complexity index is 902. The van der Waals surface area contributed by atoms with Crippen LogP contribution in [0.3, 0.4) is 0 Å². The van der Waals surface area contributed by atoms with Crippen molar-refractivity contribution in [2.24, 2.45) is 0 Å². The van der Waals surface area contributed by atoms with Crippen LogP contribution >= 0.6 is 11.6 Å². The molecule has 0 atom stereocenters. The molecular formula is C21H26ClN6+. The number of halogens is 1. The second-order valence-electron chi connectivity index (χ2n) is 7.40. The first-order valence-corrected chi connectivity index (χ1v) is 10.2. The van der Waals surface area contributed by atoms with E-state index in [4.69, 9.17) is 11.6 Å². The highest BCUT2D eigenvalue weighted by atomic mass is 35.5. The third-order valence-corrected chi connectivity index (χ3v) is 5.69. The van der Waals surface area contributed by atoms with Gasteiger partial charge in [-0.1, -0.05) is 48.0 Å². The van der Waals surface area contributed by atoms with Crippen LogP contribution in [0.15, 0.2) is 48.5 Å². The zero-order valence-corrected chi connectivity index (χ0v) is 16.9. The molecule has 0 amide bonds. The Balaban J connectivity index is 1.33. The molecular weight excluding hydrogens is 372 g/mol. The van der Waals surface area contributed by atoms with E-state index in [-0.39, 0.29) is 0 Å². The lowest BCUT2D eigenvalue weighted by Gasteiger charge is -2.34. The Morgan fingerprint density at radius 1 is 1.07 bits per heavy atom. The molecule has 0 aliphatic carbocycles. The monoisotopic (exact) mass is 397 g/mol. The Morgan fingerprint density at radius 3 is 2.64 bits per heavy atom. The number of tetrazole rings is 1. The Kier molecular flexibility index (Phi) is 5.88. The molecule has 0 radical (unpaired) electrons. The van der Waals surface area contributed by atoms with Crippen molar-refractivity contribution in [1.29, 1.82) is 0 Å². The lowest BCUT2D eigenvalue weighted by Crippen LogP contribution is -3.13. The molecule has 2 heterocycles. The topological polar surface area (TPSA) is 51.3 Å². The van der Waals surface area contributed by atoms with E-state index in [1.165, 1.54) is 21.7 Å². The average molecular weight is 398 g/mol. The second-order valence-corrected chi connectivity index (χ2v) is 7.83. The van der Waals surface area contributed by atoms with Crippen LogP contribution in [0.1, 0.15) is 17.0 Å². The molecule has 4 rings (SSSR count). The van der Waals surface area contributed by atoms with Gasteiger partial charge in [-0.25, -0.2) is 4.68 Å². The molecule has 0 spiro atoms. The van der Waals surface area contributed by atoms with E-state index in [9.17, 15) is 0 Å². The predicted molar refractivity (Wildman–Crippen MR) is 111 cm³/mol. The predicted octanol–water partition coefficient (Wildman–Crippen LogP) is 1.78. The summed E-state index contributed by atoms with van der Waals surface area (Å²) in [6, 6.07) is 16.6. The SMILES string of the molecule is Cc1ccc(Cl)cc1N1CC[NH+](Cc2nnnn2CCc2ccccc2)CC1. The van der Waals surface area contributed by atoms with Crippen LogP contribution in [0.5, 0.6) is 0 Å². The number of anilines is 1. The second kappa shape index (κ2) is 8.71. The first-order valence-electron chi connectivity index (χ1n) is 9.82. The molecule has 2 aromatic carbocycles. The highest BCUT2D eigenvalue weighted by Crippen LogP contribution is 2.24. The molecule has 6 nitrogen and oxygen atoms in total. The first kappa shape index (κ1) is 18.9. The number of rotatable bonds is 6. The summed E-state index contributed by atoms with van der Waals surface area (Å²) in [7, 11) is 0. The van der Waals surface area contributed by atoms with Gasteiger partial charge in [-0.05, 0) is 47.0 Å². The quantitative estimate of drug-likeness (QED) is 0.689. The van der Waals surface area contributed by atoms with Gasteiger partial charge in [0.2, 0.25) is 5.82 Å². The fraction of sp³-hybridized carbons (Fsp3) is 0.381. The Morgan fingerprint density at radius 2 is 1.86 bits per heavy atom. The third kappa shape index (κ3) is 4.51. The minimum absolute atomic E-state index is 0.799. The third-order valence-electron chi connectivity index (χ3n) is 5.45. The fourth-order valence-corrected chi connectivity index (χ4v) is 3.96. The van der Waals surface area contributed by atoms with Crippen molar-refractivity contribution in [1.82, 2.24) is 20.2 Å². The summed E-state index contributed by atoms with van der Waals surface area (Å²) >= 11 is 6.19. The van der Waals surface area contributed by atoms with Gasteiger partial charge in [0.15, 0.2) is 0 Å². The van der Waals surface area contributed by atoms with Crippen LogP contribution in [0.25, 0.3) is 0 Å². The van der Waals surface area contributed by atoms with Gasteiger partial charge in [0.05, 0.1) is 26.2 Å². The van der Waals surface area contributed by atoms with Crippen molar-refractivity contribution in [2.45, 2.75) is 26.4 Å². The fourth-order valence-electron chi connectivity index (χ4n) is 3.79. The van der Waals surface area contributed by atoms with E-state index >= 15 is 0 Å². The van der Waals surface area contributed by atoms with Gasteiger partial charge >= 0.3 is 0 Å². The highest BCUT2D eigenvalue weighted by Gasteiger charge is 2.23. The average Bonchev–Trinajstić information content (AvgIpc) is 3.17. The minimum atomic E-state index is 0.799. The molecule has 7 heteroatoms. The molecule has 1 aromatic heterocycles. The summed E-state index contributed by atoms with van der Waals surface area (Å²) in [4.78, 5) is 3.95. The number of benzene rings is 2. The van der Waals surface area contributed by atoms with Crippen LogP contribution < -0.4 is 9.80 Å². The molecule has 146 valence electrons. The van der Waals surface area contributed by atoms with Crippen molar-refractivity contribution >= 4 is 17.3 Å². The first-order chi connectivity index (χ1) is 13.7. The van der Waals surface area contributed by atoms with Gasteiger partial charge in [-0.15, -0.1) is 5.10 Å². The molecule has 1 aliphatic heterocycles. The summed E-state index contributed by atoms with van der Waals surface area (Å²) in [5.74, 6) is 0.971. The van der Waals surface area contributed by atoms with Crippen LogP contribution in [-0.2, 0) is 19.5 Å². The summed E-state index contributed by atoms with van der Waals surface area (Å²) in [6.45, 7) is 7.99. The van der Waals surface area contributed by atoms with E-state index in [2.05, 4.69) is 63.7 Å². The molecule has 1 saturated heterocycles. The number of aromatic nitrogens is 4. The largest absolute Gasteiger partial charge is 0.360 e. The smallest absolute Gasteiger partial charge is 0.206 e. The van der Waals surface area contributed by atoms with Crippen LogP contribution in [0, 0.1) is 6.92 Å². The van der Waals surface area contributed by atoms with E-state index in [1.54, 1.807) is 0 Å². The molecule has 28 heavy (non-hydrogen) atoms. The molecule has 1 N–H and O–H groups in total. The molecule has 0 unspecified atom stereocenters. The van der Waals surface area contributed by atoms with Gasteiger partial charge in [0.1, 0.15) is 6.54 Å². The molecule has 0 bridgehead atoms. The van der Waals surface area contributed by atoms with Crippen molar-refractivity contribution in [3.05, 3.63) is 70.5 Å². The molecule has 3 aromatic rings. The summed E-state index contributed by atoms with van der Waals surface area (Å²) < 4.78 is 1.95. The van der Waals surface area contributed by atoms with E-state index in [1.807, 2.05) is 16.8 Å². The van der Waals surface area contributed by atoms with Crippen LogP contribution in [-0.4, -0.2) is 46.4 Å². The van der Waals surface area contributed by atoms with Crippen molar-refractivity contribution in [2.75, 3.05) is 31.1 Å². The number of nitrogens with zero attached hydrogens (tertiary/aromatic N) is 5. The van der Waals surface area contributed by atoms with Gasteiger partial charge < -0.3 is 9.80 Å². The maximum atomic E-state index is 6.19. The lowest BCUT2D eigenvalue weighted by molar-refractivity contribution is -0.915. The maximum Gasteiger partial charge on any atom is 0.206 e. The van der Waals surface area contributed by atoms with Crippen LogP contribution in [0.4, 0.5) is 5.69 Å². The summed E-state index contributed by atoms with van der Waals surface area (Å²) in [6.07, 6.45) is 0.941. The van der Waals surface area contributed by atoms with E-state index < -0.39 is 0 Å². The standard InChI is InChI=1S/C21H25ClN6/c1-17-7-8-19(22)15-20(17)27-13-11-26(12-14-27)16-21-23-24-25-28(21)10-9-18-5-3-2-4-6-18/h2-8,15H,9-14,16H2,1H3/p+1. The number of hydrogen-bond donors (Lipinski definition) is 1. The highest BCUT2D eigenvalue weighted by molar-refractivity contribution is 6.30. The zero-order chi connectivity index (χ0) is 19.3. The van der Waals surface area contributed by atoms with Gasteiger partial charge in [0.25, 0.3) is 0 Å². The number of piperazine rings is 1. The lowest BCUT2D eigenvalue weighted by atomic mass is 10.1. The zero-order valence-electron chi connectivity index (χ0n) is 16.2. The van der Waals surface area contributed by atoms with Crippen molar-refractivity contribution in [3.8, 4) is 0 Å². The number of aryl methyl sites for hydroxylation is 3.